The van der Waals surface area contributed by atoms with Gasteiger partial charge in [0.2, 0.25) is 0 Å². The van der Waals surface area contributed by atoms with Crippen LogP contribution < -0.4 is 5.32 Å². The number of nitrogens with one attached hydrogen (secondary N) is 1. The summed E-state index contributed by atoms with van der Waals surface area (Å²) in [5.74, 6) is 0. The van der Waals surface area contributed by atoms with Crippen LogP contribution in [0.15, 0.2) is 0 Å². The van der Waals surface area contributed by atoms with Crippen molar-refractivity contribution in [3.63, 3.8) is 0 Å². The molecule has 0 aromatic heterocycles. The van der Waals surface area contributed by atoms with Crippen molar-refractivity contribution in [1.82, 2.24) is 5.32 Å². The van der Waals surface area contributed by atoms with Crippen LogP contribution in [0.5, 0.6) is 0 Å². The number of aliphatic hydroxyl groups excluding tert-OH is 1. The molecule has 0 aromatic rings. The molecule has 1 aliphatic carbocycles. The Morgan fingerprint density at radius 3 is 2.33 bits per heavy atom. The van der Waals surface area contributed by atoms with Gasteiger partial charge < -0.3 is 19.9 Å². The summed E-state index contributed by atoms with van der Waals surface area (Å²) >= 11 is 0. The van der Waals surface area contributed by atoms with Crippen LogP contribution in [0, 0.1) is 0 Å². The predicted octanol–water partition coefficient (Wildman–Crippen LogP) is 1.83. The molecule has 18 heavy (non-hydrogen) atoms. The number of hydrogen-bond donors (Lipinski definition) is 2. The van der Waals surface area contributed by atoms with E-state index in [2.05, 4.69) is 5.32 Å². The molecule has 1 aliphatic rings. The number of amides is 1. The lowest BCUT2D eigenvalue weighted by Gasteiger charge is -2.38. The fourth-order valence-corrected chi connectivity index (χ4v) is 2.19. The zero-order chi connectivity index (χ0) is 13.8. The summed E-state index contributed by atoms with van der Waals surface area (Å²) in [6.45, 7) is 5.56. The van der Waals surface area contributed by atoms with Crippen LogP contribution in [0.25, 0.3) is 0 Å². The molecular formula is C13H25NO4. The van der Waals surface area contributed by atoms with Crippen LogP contribution in [0.1, 0.15) is 46.5 Å². The van der Waals surface area contributed by atoms with Gasteiger partial charge in [-0.15, -0.1) is 0 Å². The van der Waals surface area contributed by atoms with E-state index in [0.29, 0.717) is 0 Å². The van der Waals surface area contributed by atoms with Gasteiger partial charge in [-0.25, -0.2) is 4.79 Å². The zero-order valence-corrected chi connectivity index (χ0v) is 11.8. The second kappa shape index (κ2) is 5.89. The Bertz CT molecular complexity index is 271. The molecule has 0 heterocycles. The minimum atomic E-state index is -0.472. The van der Waals surface area contributed by atoms with E-state index in [1.54, 1.807) is 7.11 Å². The predicted molar refractivity (Wildman–Crippen MR) is 68.5 cm³/mol. The van der Waals surface area contributed by atoms with Gasteiger partial charge in [0.25, 0.3) is 0 Å². The number of carbonyl (C=O) groups excluding carboxylic acids is 1. The Morgan fingerprint density at radius 1 is 1.39 bits per heavy atom. The number of rotatable bonds is 3. The molecule has 1 amide bonds. The Hall–Kier alpha value is -0.810. The summed E-state index contributed by atoms with van der Waals surface area (Å²) in [6.07, 6.45) is 2.73. The molecule has 5 nitrogen and oxygen atoms in total. The number of carbonyl (C=O) groups is 1. The molecule has 5 heteroatoms. The van der Waals surface area contributed by atoms with E-state index in [1.807, 2.05) is 20.8 Å². The van der Waals surface area contributed by atoms with Gasteiger partial charge >= 0.3 is 6.09 Å². The van der Waals surface area contributed by atoms with E-state index in [0.717, 1.165) is 25.7 Å². The maximum atomic E-state index is 11.6. The molecule has 0 aromatic carbocycles. The summed E-state index contributed by atoms with van der Waals surface area (Å²) < 4.78 is 10.6. The summed E-state index contributed by atoms with van der Waals surface area (Å²) in [7, 11) is 1.62. The van der Waals surface area contributed by atoms with Crippen molar-refractivity contribution in [3.05, 3.63) is 0 Å². The average molecular weight is 259 g/mol. The first kappa shape index (κ1) is 15.2. The van der Waals surface area contributed by atoms with Gasteiger partial charge in [-0.1, -0.05) is 0 Å². The molecular weight excluding hydrogens is 234 g/mol. The van der Waals surface area contributed by atoms with Crippen LogP contribution in [-0.2, 0) is 9.47 Å². The molecule has 0 aliphatic heterocycles. The van der Waals surface area contributed by atoms with Gasteiger partial charge in [-0.3, -0.25) is 0 Å². The summed E-state index contributed by atoms with van der Waals surface area (Å²) in [5.41, 5.74) is -0.897. The Kier molecular flexibility index (Phi) is 4.99. The second-order valence-electron chi connectivity index (χ2n) is 5.97. The molecule has 1 fully saturated rings. The first-order valence-electron chi connectivity index (χ1n) is 6.46. The normalized spacial score (nSPS) is 28.8. The van der Waals surface area contributed by atoms with E-state index >= 15 is 0 Å². The van der Waals surface area contributed by atoms with Crippen molar-refractivity contribution < 1.29 is 19.4 Å². The fourth-order valence-electron chi connectivity index (χ4n) is 2.19. The van der Waals surface area contributed by atoms with E-state index in [4.69, 9.17) is 9.47 Å². The fraction of sp³-hybridized carbons (Fsp3) is 0.923. The van der Waals surface area contributed by atoms with Crippen molar-refractivity contribution in [3.8, 4) is 0 Å². The van der Waals surface area contributed by atoms with Crippen LogP contribution in [0.4, 0.5) is 4.79 Å². The second-order valence-corrected chi connectivity index (χ2v) is 5.97. The van der Waals surface area contributed by atoms with Gasteiger partial charge in [0.05, 0.1) is 12.2 Å². The maximum absolute atomic E-state index is 11.6. The molecule has 0 saturated heterocycles. The third-order valence-electron chi connectivity index (χ3n) is 3.34. The number of aliphatic hydroxyl groups is 1. The molecule has 1 saturated carbocycles. The van der Waals surface area contributed by atoms with Crippen LogP contribution >= 0.6 is 0 Å². The minimum Gasteiger partial charge on any atom is -0.444 e. The molecule has 2 N–H and O–H groups in total. The van der Waals surface area contributed by atoms with Crippen molar-refractivity contribution in [2.75, 3.05) is 13.7 Å². The highest BCUT2D eigenvalue weighted by atomic mass is 16.6. The zero-order valence-electron chi connectivity index (χ0n) is 11.8. The number of methoxy groups -OCH3 is 1. The smallest absolute Gasteiger partial charge is 0.407 e. The first-order valence-corrected chi connectivity index (χ1v) is 6.46. The minimum absolute atomic E-state index is 0.0304. The van der Waals surface area contributed by atoms with E-state index in [9.17, 15) is 9.90 Å². The average Bonchev–Trinajstić information content (AvgIpc) is 2.28. The largest absolute Gasteiger partial charge is 0.444 e. The molecule has 0 bridgehead atoms. The topological polar surface area (TPSA) is 67.8 Å². The maximum Gasteiger partial charge on any atom is 0.407 e. The monoisotopic (exact) mass is 259 g/mol. The highest BCUT2D eigenvalue weighted by Crippen LogP contribution is 2.30. The van der Waals surface area contributed by atoms with Crippen LogP contribution in [-0.4, -0.2) is 42.2 Å². The van der Waals surface area contributed by atoms with Gasteiger partial charge in [-0.2, -0.15) is 0 Å². The number of hydrogen-bond acceptors (Lipinski definition) is 4. The number of ether oxygens (including phenoxy) is 2. The van der Waals surface area contributed by atoms with Gasteiger partial charge in [0.1, 0.15) is 5.60 Å². The van der Waals surface area contributed by atoms with Crippen LogP contribution in [0.2, 0.25) is 0 Å². The first-order chi connectivity index (χ1) is 8.30. The Morgan fingerprint density at radius 2 is 1.94 bits per heavy atom. The highest BCUT2D eigenvalue weighted by molar-refractivity contribution is 5.68. The summed E-state index contributed by atoms with van der Waals surface area (Å²) in [4.78, 5) is 11.6. The number of alkyl carbamates (subject to hydrolysis) is 1. The van der Waals surface area contributed by atoms with Crippen LogP contribution in [0.3, 0.4) is 0 Å². The van der Waals surface area contributed by atoms with E-state index < -0.39 is 11.2 Å². The standard InChI is InChI=1S/C13H25NO4/c1-12(2,3)18-11(16)14-10-5-7-13(9-15,17-4)8-6-10/h10,15H,5-9H2,1-4H3,(H,14,16)/t10-,13-. The lowest BCUT2D eigenvalue weighted by atomic mass is 9.82. The van der Waals surface area contributed by atoms with E-state index in [1.165, 1.54) is 0 Å². The summed E-state index contributed by atoms with van der Waals surface area (Å²) in [5, 5.41) is 12.2. The van der Waals surface area contributed by atoms with Crippen molar-refractivity contribution in [2.24, 2.45) is 0 Å². The molecule has 0 unspecified atom stereocenters. The van der Waals surface area contributed by atoms with Crippen molar-refractivity contribution in [1.29, 1.82) is 0 Å². The molecule has 0 radical (unpaired) electrons. The molecule has 106 valence electrons. The third kappa shape index (κ3) is 4.46. The highest BCUT2D eigenvalue weighted by Gasteiger charge is 2.35. The molecule has 0 atom stereocenters. The van der Waals surface area contributed by atoms with E-state index in [-0.39, 0.29) is 18.7 Å². The Balaban J connectivity index is 2.38. The SMILES string of the molecule is CO[C@]1(CO)CC[C@@H](NC(=O)OC(C)(C)C)CC1. The van der Waals surface area contributed by atoms with Crippen molar-refractivity contribution >= 4 is 6.09 Å². The lowest BCUT2D eigenvalue weighted by molar-refractivity contribution is -0.0797. The van der Waals surface area contributed by atoms with Crippen molar-refractivity contribution in [2.45, 2.75) is 63.7 Å². The third-order valence-corrected chi connectivity index (χ3v) is 3.34. The van der Waals surface area contributed by atoms with Gasteiger partial charge in [-0.05, 0) is 46.5 Å². The molecule has 1 rings (SSSR count). The quantitative estimate of drug-likeness (QED) is 0.811. The Labute approximate surface area is 109 Å². The van der Waals surface area contributed by atoms with Gasteiger partial charge in [0, 0.05) is 13.2 Å². The lowest BCUT2D eigenvalue weighted by Crippen LogP contribution is -2.47. The molecule has 0 spiro atoms. The summed E-state index contributed by atoms with van der Waals surface area (Å²) in [6, 6.07) is 0.106. The van der Waals surface area contributed by atoms with Gasteiger partial charge in [0.15, 0.2) is 0 Å².